The molecule has 8 heteroatoms. The van der Waals surface area contributed by atoms with Gasteiger partial charge in [0.1, 0.15) is 5.82 Å². The lowest BCUT2D eigenvalue weighted by Gasteiger charge is -2.39. The van der Waals surface area contributed by atoms with Crippen LogP contribution in [0.25, 0.3) is 0 Å². The molecule has 0 heterocycles. The molecule has 0 amide bonds. The van der Waals surface area contributed by atoms with E-state index in [0.29, 0.717) is 6.42 Å². The topological polar surface area (TPSA) is 94.3 Å². The van der Waals surface area contributed by atoms with Gasteiger partial charge in [-0.15, -0.1) is 0 Å². The molecule has 2 N–H and O–H groups in total. The Hall–Kier alpha value is -1.51. The van der Waals surface area contributed by atoms with Crippen LogP contribution in [-0.4, -0.2) is 27.8 Å². The molecule has 1 aromatic rings. The number of primary sulfonamides is 1. The van der Waals surface area contributed by atoms with Crippen LogP contribution in [0.1, 0.15) is 44.6 Å². The second-order valence-electron chi connectivity index (χ2n) is 8.75. The molecule has 0 radical (unpaired) electrons. The summed E-state index contributed by atoms with van der Waals surface area (Å²) in [5.41, 5.74) is 0.800. The van der Waals surface area contributed by atoms with Gasteiger partial charge in [0.25, 0.3) is 0 Å². The van der Waals surface area contributed by atoms with Crippen LogP contribution in [0.2, 0.25) is 0 Å². The quantitative estimate of drug-likeness (QED) is 0.798. The van der Waals surface area contributed by atoms with Crippen molar-refractivity contribution in [3.8, 4) is 0 Å². The smallest absolute Gasteiger partial charge is 0.228 e. The predicted octanol–water partition coefficient (Wildman–Crippen LogP) is 3.26. The first kappa shape index (κ1) is 21.2. The highest BCUT2D eigenvalue weighted by Crippen LogP contribution is 2.57. The average Bonchev–Trinajstić information content (AvgIpc) is 2.90. The third-order valence-electron chi connectivity index (χ3n) is 6.13. The van der Waals surface area contributed by atoms with Gasteiger partial charge in [0, 0.05) is 6.26 Å². The molecule has 0 spiro atoms. The zero-order chi connectivity index (χ0) is 21.0. The average molecular weight is 428 g/mol. The molecule has 0 bridgehead atoms. The second kappa shape index (κ2) is 6.78. The van der Waals surface area contributed by atoms with E-state index < -0.39 is 24.6 Å². The van der Waals surface area contributed by atoms with Crippen molar-refractivity contribution in [2.75, 3.05) is 6.26 Å². The molecule has 0 aromatic heterocycles. The zero-order valence-electron chi connectivity index (χ0n) is 16.2. The predicted molar refractivity (Wildman–Crippen MR) is 108 cm³/mol. The summed E-state index contributed by atoms with van der Waals surface area (Å²) >= 11 is 0. The molecular weight excluding hydrogens is 401 g/mol. The van der Waals surface area contributed by atoms with Gasteiger partial charge < -0.3 is 0 Å². The van der Waals surface area contributed by atoms with Gasteiger partial charge in [0.15, 0.2) is 9.84 Å². The van der Waals surface area contributed by atoms with Gasteiger partial charge in [-0.1, -0.05) is 38.1 Å². The third-order valence-corrected chi connectivity index (χ3v) is 9.07. The summed E-state index contributed by atoms with van der Waals surface area (Å²) in [7, 11) is -7.48. The minimum absolute atomic E-state index is 0.0482. The Bertz CT molecular complexity index is 1040. The van der Waals surface area contributed by atoms with Gasteiger partial charge in [-0.25, -0.2) is 26.4 Å². The monoisotopic (exact) mass is 427 g/mol. The summed E-state index contributed by atoms with van der Waals surface area (Å²) in [6.07, 6.45) is 6.89. The number of sulfonamides is 1. The van der Waals surface area contributed by atoms with E-state index in [1.807, 2.05) is 0 Å². The highest BCUT2D eigenvalue weighted by atomic mass is 32.2. The molecule has 3 unspecified atom stereocenters. The van der Waals surface area contributed by atoms with E-state index in [1.165, 1.54) is 36.6 Å². The normalized spacial score (nSPS) is 30.2. The van der Waals surface area contributed by atoms with E-state index >= 15 is 0 Å². The van der Waals surface area contributed by atoms with Crippen LogP contribution in [-0.2, 0) is 19.9 Å². The van der Waals surface area contributed by atoms with E-state index in [1.54, 1.807) is 12.1 Å². The largest absolute Gasteiger partial charge is 0.237 e. The van der Waals surface area contributed by atoms with Crippen molar-refractivity contribution in [3.05, 3.63) is 58.8 Å². The molecule has 28 heavy (non-hydrogen) atoms. The Balaban J connectivity index is 2.11. The minimum Gasteiger partial charge on any atom is -0.228 e. The number of hydrogen-bond acceptors (Lipinski definition) is 4. The molecule has 3 atom stereocenters. The summed E-state index contributed by atoms with van der Waals surface area (Å²) in [5.74, 6) is -0.689. The van der Waals surface area contributed by atoms with Crippen molar-refractivity contribution < 1.29 is 21.2 Å². The number of halogens is 1. The molecule has 1 saturated carbocycles. The van der Waals surface area contributed by atoms with Crippen molar-refractivity contribution in [1.29, 1.82) is 0 Å². The van der Waals surface area contributed by atoms with Gasteiger partial charge in [0.05, 0.1) is 9.65 Å². The fourth-order valence-corrected chi connectivity index (χ4v) is 6.86. The van der Waals surface area contributed by atoms with E-state index in [2.05, 4.69) is 13.8 Å². The summed E-state index contributed by atoms with van der Waals surface area (Å²) in [5, 5.41) is 5.20. The molecule has 2 aliphatic rings. The lowest BCUT2D eigenvalue weighted by Crippen LogP contribution is -2.45. The second-order valence-corrected chi connectivity index (χ2v) is 12.6. The van der Waals surface area contributed by atoms with Crippen molar-refractivity contribution in [2.45, 2.75) is 43.8 Å². The molecule has 154 valence electrons. The van der Waals surface area contributed by atoms with Gasteiger partial charge in [0.2, 0.25) is 10.0 Å². The van der Waals surface area contributed by atoms with E-state index in [9.17, 15) is 21.2 Å². The first-order valence-corrected chi connectivity index (χ1v) is 12.6. The van der Waals surface area contributed by atoms with Crippen molar-refractivity contribution in [2.24, 2.45) is 16.5 Å². The molecular formula is C20H26FNO4S2. The highest BCUT2D eigenvalue weighted by Gasteiger charge is 2.55. The third kappa shape index (κ3) is 3.82. The number of allylic oxidation sites excluding steroid dienone is 2. The summed E-state index contributed by atoms with van der Waals surface area (Å²) in [6, 6.07) is 6.20. The SMILES string of the molecule is CC1(C)CC(c2ccc(F)cc2)C(C2(S(C)(=O)=O)C=CC(S(N)(=O)=O)=CC2)C1. The van der Waals surface area contributed by atoms with Crippen molar-refractivity contribution in [3.63, 3.8) is 0 Å². The molecule has 3 rings (SSSR count). The minimum atomic E-state index is -3.90. The molecule has 0 aliphatic heterocycles. The van der Waals surface area contributed by atoms with Gasteiger partial charge in [-0.3, -0.25) is 0 Å². The van der Waals surface area contributed by atoms with Crippen molar-refractivity contribution >= 4 is 19.9 Å². The molecule has 5 nitrogen and oxygen atoms in total. The standard InChI is InChI=1S/C20H26FNO4S2/c1-19(2)12-17(14-4-6-15(21)7-5-14)18(13-19)20(27(3,23)24)10-8-16(9-11-20)28(22,25)26/h4-10,17-18H,11-13H2,1-3H3,(H2,22,25,26). The number of benzene rings is 1. The maximum Gasteiger partial charge on any atom is 0.237 e. The van der Waals surface area contributed by atoms with Crippen LogP contribution in [0.15, 0.2) is 47.4 Å². The molecule has 1 aromatic carbocycles. The Morgan fingerprint density at radius 1 is 1.07 bits per heavy atom. The Morgan fingerprint density at radius 3 is 2.14 bits per heavy atom. The Morgan fingerprint density at radius 2 is 1.68 bits per heavy atom. The first-order valence-electron chi connectivity index (χ1n) is 9.12. The summed E-state index contributed by atoms with van der Waals surface area (Å²) in [6.45, 7) is 4.19. The Labute approximate surface area is 166 Å². The van der Waals surface area contributed by atoms with Crippen LogP contribution < -0.4 is 5.14 Å². The number of sulfone groups is 1. The fourth-order valence-electron chi connectivity index (χ4n) is 4.79. The fraction of sp³-hybridized carbons (Fsp3) is 0.500. The number of nitrogens with two attached hydrogens (primary N) is 1. The summed E-state index contributed by atoms with van der Waals surface area (Å²) < 4.78 is 61.5. The number of rotatable bonds is 4. The van der Waals surface area contributed by atoms with Crippen LogP contribution in [0.4, 0.5) is 4.39 Å². The van der Waals surface area contributed by atoms with Crippen LogP contribution in [0.5, 0.6) is 0 Å². The highest BCUT2D eigenvalue weighted by molar-refractivity contribution is 7.93. The number of hydrogen-bond donors (Lipinski definition) is 1. The molecule has 2 aliphatic carbocycles. The van der Waals surface area contributed by atoms with Gasteiger partial charge in [-0.2, -0.15) is 0 Å². The van der Waals surface area contributed by atoms with E-state index in [-0.39, 0.29) is 34.4 Å². The van der Waals surface area contributed by atoms with Crippen molar-refractivity contribution in [1.82, 2.24) is 0 Å². The summed E-state index contributed by atoms with van der Waals surface area (Å²) in [4.78, 5) is -0.0673. The van der Waals surface area contributed by atoms with E-state index in [4.69, 9.17) is 5.14 Å². The van der Waals surface area contributed by atoms with Crippen LogP contribution in [0, 0.1) is 17.2 Å². The Kier molecular flexibility index (Phi) is 5.13. The lowest BCUT2D eigenvalue weighted by molar-refractivity contribution is 0.331. The maximum absolute atomic E-state index is 13.4. The van der Waals surface area contributed by atoms with Gasteiger partial charge >= 0.3 is 0 Å². The first-order chi connectivity index (χ1) is 12.8. The maximum atomic E-state index is 13.4. The molecule has 0 saturated heterocycles. The molecule has 1 fully saturated rings. The zero-order valence-corrected chi connectivity index (χ0v) is 17.9. The lowest BCUT2D eigenvalue weighted by atomic mass is 9.76. The van der Waals surface area contributed by atoms with Crippen LogP contribution >= 0.6 is 0 Å². The van der Waals surface area contributed by atoms with E-state index in [0.717, 1.165) is 12.0 Å². The van der Waals surface area contributed by atoms with Crippen LogP contribution in [0.3, 0.4) is 0 Å². The van der Waals surface area contributed by atoms with Gasteiger partial charge in [-0.05, 0) is 60.3 Å².